The number of benzene rings is 2. The van der Waals surface area contributed by atoms with Crippen LogP contribution in [-0.2, 0) is 33.0 Å². The van der Waals surface area contributed by atoms with Crippen LogP contribution >= 0.6 is 22.7 Å². The van der Waals surface area contributed by atoms with E-state index in [0.29, 0.717) is 32.2 Å². The van der Waals surface area contributed by atoms with Crippen LogP contribution in [0.4, 0.5) is 26.3 Å². The minimum atomic E-state index is -4.55. The third kappa shape index (κ3) is 20.0. The third-order valence-electron chi connectivity index (χ3n) is 9.43. The highest BCUT2D eigenvalue weighted by Gasteiger charge is 2.37. The Balaban J connectivity index is 0.000000389. The van der Waals surface area contributed by atoms with Crippen LogP contribution in [0, 0.1) is 0 Å². The molecule has 8 N–H and O–H groups in total. The summed E-state index contributed by atoms with van der Waals surface area (Å²) < 4.78 is 92.1. The van der Waals surface area contributed by atoms with Crippen LogP contribution in [0.5, 0.6) is 11.5 Å². The molecule has 2 atom stereocenters. The quantitative estimate of drug-likeness (QED) is 0.0218. The summed E-state index contributed by atoms with van der Waals surface area (Å²) in [5, 5.41) is 51.3. The number of alkyl halides is 6. The van der Waals surface area contributed by atoms with E-state index in [4.69, 9.17) is 31.2 Å². The molecule has 14 nitrogen and oxygen atoms in total. The number of rotatable bonds is 24. The molecule has 66 heavy (non-hydrogen) atoms. The number of ether oxygens (including phenoxy) is 2. The molecule has 22 heteroatoms. The lowest BCUT2D eigenvalue weighted by Crippen LogP contribution is -2.36. The molecule has 2 heterocycles. The SMILES string of the molecule is CCCCCCCCOc1ccc(-c2nnc([C@@](C)(N)CO)s2)cc1C(F)(F)F.CCCCCCCCOc1ccc(-c2nnc([C@@](C)(N)CO)s2)cc1C(F)(F)F.O=C(O)/C=C/C(=O)O. The summed E-state index contributed by atoms with van der Waals surface area (Å²) in [4.78, 5) is 19.1. The summed E-state index contributed by atoms with van der Waals surface area (Å²) in [7, 11) is 0. The van der Waals surface area contributed by atoms with Crippen LogP contribution in [0.3, 0.4) is 0 Å². The molecule has 0 aliphatic heterocycles. The lowest BCUT2D eigenvalue weighted by molar-refractivity contribution is -0.139. The van der Waals surface area contributed by atoms with E-state index in [2.05, 4.69) is 34.2 Å². The minimum absolute atomic E-state index is 0.182. The second kappa shape index (κ2) is 27.8. The molecule has 2 aromatic heterocycles. The van der Waals surface area contributed by atoms with Gasteiger partial charge in [-0.2, -0.15) is 26.3 Å². The molecule has 0 fully saturated rings. The Morgan fingerprint density at radius 3 is 1.23 bits per heavy atom. The van der Waals surface area contributed by atoms with Gasteiger partial charge in [-0.25, -0.2) is 9.59 Å². The van der Waals surface area contributed by atoms with Crippen molar-refractivity contribution in [3.63, 3.8) is 0 Å². The topological polar surface area (TPSA) is 237 Å². The Labute approximate surface area is 388 Å². The smallest absolute Gasteiger partial charge is 0.419 e. The zero-order valence-corrected chi connectivity index (χ0v) is 39.0. The summed E-state index contributed by atoms with van der Waals surface area (Å²) in [6.45, 7) is 7.24. The van der Waals surface area contributed by atoms with Crippen molar-refractivity contribution in [1.29, 1.82) is 0 Å². The molecule has 0 unspecified atom stereocenters. The van der Waals surface area contributed by atoms with Crippen LogP contribution in [0.15, 0.2) is 48.6 Å². The summed E-state index contributed by atoms with van der Waals surface area (Å²) in [5.41, 5.74) is 8.53. The number of hydrogen-bond acceptors (Lipinski definition) is 14. The molecular formula is C44H60F6N6O8S2. The maximum absolute atomic E-state index is 13.5. The second-order valence-corrected chi connectivity index (χ2v) is 17.6. The first-order chi connectivity index (χ1) is 31.0. The molecule has 0 radical (unpaired) electrons. The molecule has 0 aliphatic carbocycles. The van der Waals surface area contributed by atoms with Gasteiger partial charge in [0.1, 0.15) is 31.5 Å². The standard InChI is InChI=1S/2C20H28F3N3O2S.C4H4O4/c2*1-3-4-5-6-7-8-11-28-16-10-9-14(12-15(16)20(21,22)23)17-25-26-18(29-17)19(2,24)13-27;5-3(6)1-2-4(7)8/h2*9-10,12,27H,3-8,11,13,24H2,1-2H3;1-2H,(H,5,6)(H,7,8)/b;;2-1+/t2*19-;/m00./s1. The number of aliphatic hydroxyl groups excluding tert-OH is 2. The normalized spacial score (nSPS) is 13.5. The summed E-state index contributed by atoms with van der Waals surface area (Å²) in [5.74, 6) is -2.88. The van der Waals surface area contributed by atoms with E-state index in [1.807, 2.05) is 0 Å². The van der Waals surface area contributed by atoms with Crippen LogP contribution in [0.1, 0.15) is 126 Å². The van der Waals surface area contributed by atoms with Gasteiger partial charge in [0.2, 0.25) is 0 Å². The monoisotopic (exact) mass is 978 g/mol. The number of aromatic nitrogens is 4. The van der Waals surface area contributed by atoms with Gasteiger partial charge < -0.3 is 41.4 Å². The first-order valence-electron chi connectivity index (χ1n) is 21.3. The van der Waals surface area contributed by atoms with Gasteiger partial charge in [-0.1, -0.05) is 101 Å². The number of nitrogens with zero attached hydrogens (tertiary/aromatic N) is 4. The van der Waals surface area contributed by atoms with Gasteiger partial charge in [-0.3, -0.25) is 0 Å². The predicted molar refractivity (Wildman–Crippen MR) is 240 cm³/mol. The van der Waals surface area contributed by atoms with Crippen molar-refractivity contribution in [2.24, 2.45) is 11.5 Å². The number of aliphatic carboxylic acids is 2. The third-order valence-corrected chi connectivity index (χ3v) is 11.9. The average Bonchev–Trinajstić information content (AvgIpc) is 3.98. The number of carboxylic acid groups (broad SMARTS) is 2. The number of halogens is 6. The lowest BCUT2D eigenvalue weighted by atomic mass is 10.1. The molecule has 0 saturated heterocycles. The Hall–Kier alpha value is -4.74. The lowest BCUT2D eigenvalue weighted by Gasteiger charge is -2.17. The number of unbranched alkanes of at least 4 members (excludes halogenated alkanes) is 10. The zero-order chi connectivity index (χ0) is 49.6. The van der Waals surface area contributed by atoms with E-state index in [1.165, 1.54) is 37.1 Å². The van der Waals surface area contributed by atoms with Gasteiger partial charge in [0.25, 0.3) is 0 Å². The average molecular weight is 979 g/mol. The summed E-state index contributed by atoms with van der Waals surface area (Å²) in [6.07, 6.45) is 4.41. The summed E-state index contributed by atoms with van der Waals surface area (Å²) >= 11 is 2.12. The van der Waals surface area contributed by atoms with Crippen molar-refractivity contribution in [1.82, 2.24) is 20.4 Å². The van der Waals surface area contributed by atoms with Gasteiger partial charge in [0.15, 0.2) is 0 Å². The number of carbonyl (C=O) groups is 2. The largest absolute Gasteiger partial charge is 0.493 e. The number of aliphatic hydroxyl groups is 2. The summed E-state index contributed by atoms with van der Waals surface area (Å²) in [6, 6.07) is 7.75. The van der Waals surface area contributed by atoms with Gasteiger partial charge in [0.05, 0.1) is 48.6 Å². The number of nitrogens with two attached hydrogens (primary N) is 2. The van der Waals surface area contributed by atoms with E-state index in [1.54, 1.807) is 13.8 Å². The molecule has 4 aromatic rings. The van der Waals surface area contributed by atoms with Gasteiger partial charge in [-0.15, -0.1) is 20.4 Å². The Bertz CT molecular complexity index is 1970. The number of carboxylic acids is 2. The second-order valence-electron chi connectivity index (χ2n) is 15.6. The van der Waals surface area contributed by atoms with Gasteiger partial charge in [0, 0.05) is 23.3 Å². The van der Waals surface area contributed by atoms with E-state index >= 15 is 0 Å². The van der Waals surface area contributed by atoms with Gasteiger partial charge in [-0.05, 0) is 63.1 Å². The first-order valence-corrected chi connectivity index (χ1v) is 22.9. The zero-order valence-electron chi connectivity index (χ0n) is 37.4. The fraction of sp³-hybridized carbons (Fsp3) is 0.545. The van der Waals surface area contributed by atoms with Crippen molar-refractivity contribution in [3.05, 3.63) is 69.7 Å². The fourth-order valence-corrected chi connectivity index (χ4v) is 7.35. The molecule has 0 saturated carbocycles. The number of hydrogen-bond donors (Lipinski definition) is 6. The van der Waals surface area contributed by atoms with Crippen LogP contribution < -0.4 is 20.9 Å². The highest BCUT2D eigenvalue weighted by atomic mass is 32.1. The Morgan fingerprint density at radius 2 is 0.924 bits per heavy atom. The van der Waals surface area contributed by atoms with E-state index < -0.39 is 46.5 Å². The van der Waals surface area contributed by atoms with Crippen molar-refractivity contribution < 1.29 is 65.8 Å². The Morgan fingerprint density at radius 1 is 0.591 bits per heavy atom. The molecule has 4 rings (SSSR count). The van der Waals surface area contributed by atoms with E-state index in [0.717, 1.165) is 99.0 Å². The van der Waals surface area contributed by atoms with Crippen LogP contribution in [0.2, 0.25) is 0 Å². The molecule has 0 spiro atoms. The first kappa shape index (κ1) is 57.4. The maximum Gasteiger partial charge on any atom is 0.419 e. The Kier molecular flexibility index (Phi) is 24.2. The molecule has 0 bridgehead atoms. The molecular weight excluding hydrogens is 919 g/mol. The van der Waals surface area contributed by atoms with Crippen molar-refractivity contribution >= 4 is 34.6 Å². The van der Waals surface area contributed by atoms with Crippen molar-refractivity contribution in [2.75, 3.05) is 26.4 Å². The molecule has 0 amide bonds. The van der Waals surface area contributed by atoms with Gasteiger partial charge >= 0.3 is 24.3 Å². The molecule has 2 aromatic carbocycles. The fourth-order valence-electron chi connectivity index (χ4n) is 5.57. The minimum Gasteiger partial charge on any atom is -0.493 e. The van der Waals surface area contributed by atoms with E-state index in [9.17, 15) is 46.1 Å². The molecule has 368 valence electrons. The van der Waals surface area contributed by atoms with Crippen molar-refractivity contribution in [2.45, 2.75) is 128 Å². The maximum atomic E-state index is 13.5. The van der Waals surface area contributed by atoms with Crippen LogP contribution in [0.25, 0.3) is 21.1 Å². The van der Waals surface area contributed by atoms with E-state index in [-0.39, 0.29) is 49.1 Å². The van der Waals surface area contributed by atoms with Crippen molar-refractivity contribution in [3.8, 4) is 32.6 Å². The predicted octanol–water partition coefficient (Wildman–Crippen LogP) is 9.97. The highest BCUT2D eigenvalue weighted by Crippen LogP contribution is 2.41. The highest BCUT2D eigenvalue weighted by molar-refractivity contribution is 7.15. The van der Waals surface area contributed by atoms with Crippen LogP contribution in [-0.4, -0.2) is 79.2 Å². The molecule has 0 aliphatic rings.